The van der Waals surface area contributed by atoms with Gasteiger partial charge >= 0.3 is 0 Å². The predicted molar refractivity (Wildman–Crippen MR) is 143 cm³/mol. The van der Waals surface area contributed by atoms with Crippen molar-refractivity contribution in [2.24, 2.45) is 5.92 Å². The second kappa shape index (κ2) is 13.9. The minimum absolute atomic E-state index is 0.108. The number of para-hydroxylation sites is 1. The van der Waals surface area contributed by atoms with Crippen LogP contribution in [-0.4, -0.2) is 57.6 Å². The number of ether oxygens (including phenoxy) is 1. The highest BCUT2D eigenvalue weighted by atomic mass is 32.2. The number of carbonyl (C=O) groups excluding carboxylic acids is 2. The maximum atomic E-state index is 13.5. The minimum atomic E-state index is -3.51. The van der Waals surface area contributed by atoms with Crippen LogP contribution < -0.4 is 14.4 Å². The Morgan fingerprint density at radius 2 is 1.75 bits per heavy atom. The zero-order valence-electron chi connectivity index (χ0n) is 21.9. The van der Waals surface area contributed by atoms with E-state index in [1.807, 2.05) is 51.1 Å². The smallest absolute Gasteiger partial charge is 0.242 e. The summed E-state index contributed by atoms with van der Waals surface area (Å²) < 4.78 is 31.4. The molecule has 0 unspecified atom stereocenters. The second-order valence-corrected chi connectivity index (χ2v) is 11.1. The molecule has 0 spiro atoms. The maximum Gasteiger partial charge on any atom is 0.242 e. The molecule has 8 nitrogen and oxygen atoms in total. The highest BCUT2D eigenvalue weighted by Gasteiger charge is 2.29. The molecule has 1 N–H and O–H groups in total. The van der Waals surface area contributed by atoms with Gasteiger partial charge in [-0.1, -0.05) is 51.1 Å². The van der Waals surface area contributed by atoms with Crippen LogP contribution >= 0.6 is 0 Å². The lowest BCUT2D eigenvalue weighted by molar-refractivity contribution is -0.141. The summed E-state index contributed by atoms with van der Waals surface area (Å²) in [6.07, 6.45) is 2.04. The Bertz CT molecular complexity index is 1090. The summed E-state index contributed by atoms with van der Waals surface area (Å²) >= 11 is 0. The van der Waals surface area contributed by atoms with E-state index in [1.54, 1.807) is 36.3 Å². The molecule has 0 radical (unpaired) electrons. The van der Waals surface area contributed by atoms with Crippen LogP contribution in [0.15, 0.2) is 54.6 Å². The first-order valence-corrected chi connectivity index (χ1v) is 14.1. The normalized spacial score (nSPS) is 12.2. The van der Waals surface area contributed by atoms with Crippen molar-refractivity contribution in [2.45, 2.75) is 52.6 Å². The monoisotopic (exact) mass is 517 g/mol. The van der Waals surface area contributed by atoms with Crippen LogP contribution in [0.2, 0.25) is 0 Å². The molecule has 0 saturated heterocycles. The lowest BCUT2D eigenvalue weighted by atomic mass is 10.1. The number of carbonyl (C=O) groups is 2. The molecule has 2 aromatic rings. The van der Waals surface area contributed by atoms with Gasteiger partial charge in [0.1, 0.15) is 11.8 Å². The molecule has 0 aromatic heterocycles. The zero-order chi connectivity index (χ0) is 26.7. The molecule has 0 heterocycles. The molecule has 9 heteroatoms. The maximum absolute atomic E-state index is 13.5. The van der Waals surface area contributed by atoms with E-state index >= 15 is 0 Å². The fourth-order valence-corrected chi connectivity index (χ4v) is 4.87. The van der Waals surface area contributed by atoms with Gasteiger partial charge in [-0.2, -0.15) is 0 Å². The average Bonchev–Trinajstić information content (AvgIpc) is 2.84. The van der Waals surface area contributed by atoms with Gasteiger partial charge in [0, 0.05) is 26.1 Å². The fourth-order valence-electron chi connectivity index (χ4n) is 3.91. The van der Waals surface area contributed by atoms with Crippen LogP contribution in [0, 0.1) is 5.92 Å². The van der Waals surface area contributed by atoms with E-state index in [-0.39, 0.29) is 37.2 Å². The Kier molecular flexibility index (Phi) is 11.2. The van der Waals surface area contributed by atoms with E-state index in [9.17, 15) is 18.0 Å². The summed E-state index contributed by atoms with van der Waals surface area (Å²) in [6.45, 7) is 6.85. The number of amides is 2. The standard InChI is InChI=1S/C27H39N3O5S/c1-6-25(27(32)28-19-21(2)3)29(20-22-12-10-15-24(18-22)35-4)26(31)16-11-17-30(36(5,33)34)23-13-8-7-9-14-23/h7-10,12-15,18,21,25H,6,11,16-17,19-20H2,1-5H3,(H,28,32)/t25-/m0/s1. The molecule has 2 rings (SSSR count). The van der Waals surface area contributed by atoms with Crippen LogP contribution in [0.4, 0.5) is 5.69 Å². The van der Waals surface area contributed by atoms with Crippen molar-refractivity contribution < 1.29 is 22.7 Å². The molecule has 0 saturated carbocycles. The second-order valence-electron chi connectivity index (χ2n) is 9.21. The highest BCUT2D eigenvalue weighted by Crippen LogP contribution is 2.20. The van der Waals surface area contributed by atoms with Gasteiger partial charge in [-0.15, -0.1) is 0 Å². The number of nitrogens with zero attached hydrogens (tertiary/aromatic N) is 2. The van der Waals surface area contributed by atoms with Gasteiger partial charge in [0.15, 0.2) is 0 Å². The van der Waals surface area contributed by atoms with Crippen molar-refractivity contribution in [3.05, 3.63) is 60.2 Å². The van der Waals surface area contributed by atoms with E-state index in [4.69, 9.17) is 4.74 Å². The molecule has 2 amide bonds. The first-order valence-electron chi connectivity index (χ1n) is 12.3. The van der Waals surface area contributed by atoms with Gasteiger partial charge in [0.25, 0.3) is 0 Å². The molecule has 0 bridgehead atoms. The average molecular weight is 518 g/mol. The minimum Gasteiger partial charge on any atom is -0.497 e. The summed E-state index contributed by atoms with van der Waals surface area (Å²) in [7, 11) is -1.93. The third-order valence-electron chi connectivity index (χ3n) is 5.75. The largest absolute Gasteiger partial charge is 0.497 e. The van der Waals surface area contributed by atoms with Crippen molar-refractivity contribution in [2.75, 3.05) is 30.8 Å². The number of sulfonamides is 1. The van der Waals surface area contributed by atoms with Gasteiger partial charge in [0.2, 0.25) is 21.8 Å². The lowest BCUT2D eigenvalue weighted by Crippen LogP contribution is -2.49. The van der Waals surface area contributed by atoms with Gasteiger partial charge in [-0.25, -0.2) is 8.42 Å². The Labute approximate surface area is 215 Å². The third-order valence-corrected chi connectivity index (χ3v) is 6.95. The fraction of sp³-hybridized carbons (Fsp3) is 0.481. The third kappa shape index (κ3) is 8.86. The van der Waals surface area contributed by atoms with E-state index in [2.05, 4.69) is 5.32 Å². The topological polar surface area (TPSA) is 96.0 Å². The molecule has 0 aliphatic carbocycles. The summed E-state index contributed by atoms with van der Waals surface area (Å²) in [4.78, 5) is 28.1. The van der Waals surface area contributed by atoms with E-state index in [0.29, 0.717) is 30.8 Å². The highest BCUT2D eigenvalue weighted by molar-refractivity contribution is 7.92. The van der Waals surface area contributed by atoms with Crippen molar-refractivity contribution in [1.29, 1.82) is 0 Å². The number of rotatable bonds is 14. The van der Waals surface area contributed by atoms with E-state index in [0.717, 1.165) is 11.8 Å². The zero-order valence-corrected chi connectivity index (χ0v) is 22.8. The predicted octanol–water partition coefficient (Wildman–Crippen LogP) is 3.82. The molecule has 2 aromatic carbocycles. The van der Waals surface area contributed by atoms with Crippen LogP contribution in [0.5, 0.6) is 5.75 Å². The van der Waals surface area contributed by atoms with E-state index in [1.165, 1.54) is 4.31 Å². The van der Waals surface area contributed by atoms with Crippen LogP contribution in [0.25, 0.3) is 0 Å². The summed E-state index contributed by atoms with van der Waals surface area (Å²) in [6, 6.07) is 15.6. The van der Waals surface area contributed by atoms with Crippen molar-refractivity contribution in [1.82, 2.24) is 10.2 Å². The van der Waals surface area contributed by atoms with Gasteiger partial charge in [-0.05, 0) is 48.6 Å². The number of nitrogens with one attached hydrogen (secondary N) is 1. The summed E-state index contributed by atoms with van der Waals surface area (Å²) in [5.74, 6) is 0.563. The van der Waals surface area contributed by atoms with Crippen molar-refractivity contribution >= 4 is 27.5 Å². The van der Waals surface area contributed by atoms with Crippen molar-refractivity contribution in [3.8, 4) is 5.75 Å². The first-order chi connectivity index (χ1) is 17.1. The number of benzene rings is 2. The molecule has 1 atom stereocenters. The van der Waals surface area contributed by atoms with Crippen molar-refractivity contribution in [3.63, 3.8) is 0 Å². The number of hydrogen-bond donors (Lipinski definition) is 1. The molecule has 36 heavy (non-hydrogen) atoms. The molecule has 198 valence electrons. The SMILES string of the molecule is CC[C@@H](C(=O)NCC(C)C)N(Cc1cccc(OC)c1)C(=O)CCCN(c1ccccc1)S(C)(=O)=O. The molecule has 0 fully saturated rings. The number of hydrogen-bond acceptors (Lipinski definition) is 5. The molecular formula is C27H39N3O5S. The Morgan fingerprint density at radius 1 is 1.06 bits per heavy atom. The Balaban J connectivity index is 2.21. The van der Waals surface area contributed by atoms with E-state index < -0.39 is 16.1 Å². The molecule has 0 aliphatic heterocycles. The molecular weight excluding hydrogens is 478 g/mol. The summed E-state index contributed by atoms with van der Waals surface area (Å²) in [5.41, 5.74) is 1.40. The van der Waals surface area contributed by atoms with Gasteiger partial charge < -0.3 is 15.0 Å². The van der Waals surface area contributed by atoms with Crippen LogP contribution in [0.1, 0.15) is 45.6 Å². The van der Waals surface area contributed by atoms with Crippen LogP contribution in [-0.2, 0) is 26.2 Å². The van der Waals surface area contributed by atoms with Gasteiger partial charge in [0.05, 0.1) is 19.1 Å². The molecule has 0 aliphatic rings. The summed E-state index contributed by atoms with van der Waals surface area (Å²) in [5, 5.41) is 2.95. The Morgan fingerprint density at radius 3 is 2.33 bits per heavy atom. The number of anilines is 1. The first kappa shape index (κ1) is 29.2. The Hall–Kier alpha value is -3.07. The quantitative estimate of drug-likeness (QED) is 0.411. The van der Waals surface area contributed by atoms with Crippen LogP contribution in [0.3, 0.4) is 0 Å². The lowest BCUT2D eigenvalue weighted by Gasteiger charge is -2.31. The number of methoxy groups -OCH3 is 1. The van der Waals surface area contributed by atoms with Gasteiger partial charge in [-0.3, -0.25) is 13.9 Å².